The summed E-state index contributed by atoms with van der Waals surface area (Å²) in [5, 5.41) is 8.79. The smallest absolute Gasteiger partial charge is 0.303 e. The molecule has 1 aliphatic heterocycles. The molecule has 1 aromatic rings. The third-order valence-electron chi connectivity index (χ3n) is 4.18. The first kappa shape index (κ1) is 17.6. The highest BCUT2D eigenvalue weighted by Crippen LogP contribution is 2.21. The third kappa shape index (κ3) is 6.48. The van der Waals surface area contributed by atoms with E-state index in [1.807, 2.05) is 31.2 Å². The fourth-order valence-corrected chi connectivity index (χ4v) is 3.01. The number of benzene rings is 1. The molecule has 1 aliphatic rings. The van der Waals surface area contributed by atoms with E-state index >= 15 is 0 Å². The van der Waals surface area contributed by atoms with Gasteiger partial charge in [0, 0.05) is 19.5 Å². The lowest BCUT2D eigenvalue weighted by Gasteiger charge is -2.32. The Morgan fingerprint density at radius 1 is 1.26 bits per heavy atom. The lowest BCUT2D eigenvalue weighted by atomic mass is 9.93. The molecule has 128 valence electrons. The highest BCUT2D eigenvalue weighted by Gasteiger charge is 2.20. The molecular formula is C18H27NO4. The standard InChI is InChI=1S/C18H27NO4/c1-2-22-16-6-8-17(9-7-16)23-13-12-19-11-3-4-15(14-19)5-10-18(20)21/h6-9,15H,2-5,10-14H2,1H3,(H,20,21). The molecule has 2 rings (SSSR count). The zero-order valence-electron chi connectivity index (χ0n) is 13.9. The van der Waals surface area contributed by atoms with Crippen molar-refractivity contribution in [1.29, 1.82) is 0 Å². The molecule has 0 aromatic heterocycles. The van der Waals surface area contributed by atoms with Gasteiger partial charge in [-0.25, -0.2) is 0 Å². The fourth-order valence-electron chi connectivity index (χ4n) is 3.01. The van der Waals surface area contributed by atoms with Crippen LogP contribution in [0.3, 0.4) is 0 Å². The molecule has 0 radical (unpaired) electrons. The molecule has 0 aliphatic carbocycles. The molecule has 1 atom stereocenters. The van der Waals surface area contributed by atoms with Gasteiger partial charge in [-0.1, -0.05) is 0 Å². The summed E-state index contributed by atoms with van der Waals surface area (Å²) in [6.45, 7) is 6.23. The monoisotopic (exact) mass is 321 g/mol. The zero-order chi connectivity index (χ0) is 16.5. The Labute approximate surface area is 138 Å². The van der Waals surface area contributed by atoms with Crippen LogP contribution in [-0.2, 0) is 4.79 Å². The number of hydrogen-bond acceptors (Lipinski definition) is 4. The number of nitrogens with zero attached hydrogens (tertiary/aromatic N) is 1. The summed E-state index contributed by atoms with van der Waals surface area (Å²) < 4.78 is 11.2. The van der Waals surface area contributed by atoms with Gasteiger partial charge in [0.25, 0.3) is 0 Å². The second-order valence-electron chi connectivity index (χ2n) is 5.99. The van der Waals surface area contributed by atoms with Gasteiger partial charge in [-0.3, -0.25) is 9.69 Å². The first-order chi connectivity index (χ1) is 11.2. The Balaban J connectivity index is 1.67. The van der Waals surface area contributed by atoms with E-state index in [-0.39, 0.29) is 6.42 Å². The van der Waals surface area contributed by atoms with E-state index in [2.05, 4.69) is 4.90 Å². The lowest BCUT2D eigenvalue weighted by Crippen LogP contribution is -2.38. The average Bonchev–Trinajstić information content (AvgIpc) is 2.55. The van der Waals surface area contributed by atoms with Crippen molar-refractivity contribution in [1.82, 2.24) is 4.90 Å². The molecule has 0 amide bonds. The summed E-state index contributed by atoms with van der Waals surface area (Å²) in [5.41, 5.74) is 0. The molecule has 5 heteroatoms. The molecule has 1 aromatic carbocycles. The number of carboxylic acids is 1. The van der Waals surface area contributed by atoms with Crippen LogP contribution >= 0.6 is 0 Å². The van der Waals surface area contributed by atoms with Crippen molar-refractivity contribution in [3.05, 3.63) is 24.3 Å². The van der Waals surface area contributed by atoms with Crippen molar-refractivity contribution >= 4 is 5.97 Å². The van der Waals surface area contributed by atoms with Crippen LogP contribution in [0.2, 0.25) is 0 Å². The predicted octanol–water partition coefficient (Wildman–Crippen LogP) is 3.04. The van der Waals surface area contributed by atoms with E-state index in [1.165, 1.54) is 0 Å². The van der Waals surface area contributed by atoms with Crippen LogP contribution in [0.1, 0.15) is 32.6 Å². The highest BCUT2D eigenvalue weighted by molar-refractivity contribution is 5.66. The number of piperidine rings is 1. The van der Waals surface area contributed by atoms with Gasteiger partial charge in [0.2, 0.25) is 0 Å². The van der Waals surface area contributed by atoms with Gasteiger partial charge >= 0.3 is 5.97 Å². The molecule has 0 spiro atoms. The van der Waals surface area contributed by atoms with Crippen LogP contribution in [0.25, 0.3) is 0 Å². The first-order valence-electron chi connectivity index (χ1n) is 8.47. The van der Waals surface area contributed by atoms with Gasteiger partial charge in [0.15, 0.2) is 0 Å². The van der Waals surface area contributed by atoms with Gasteiger partial charge in [0.1, 0.15) is 18.1 Å². The number of carboxylic acid groups (broad SMARTS) is 1. The Bertz CT molecular complexity index is 474. The largest absolute Gasteiger partial charge is 0.494 e. The Hall–Kier alpha value is -1.75. The molecule has 1 N–H and O–H groups in total. The number of carbonyl (C=O) groups is 1. The van der Waals surface area contributed by atoms with Crippen molar-refractivity contribution in [2.75, 3.05) is 32.8 Å². The first-order valence-corrected chi connectivity index (χ1v) is 8.47. The minimum atomic E-state index is -0.694. The highest BCUT2D eigenvalue weighted by atomic mass is 16.5. The normalized spacial score (nSPS) is 18.6. The Kier molecular flexibility index (Phi) is 7.20. The van der Waals surface area contributed by atoms with Gasteiger partial charge in [-0.15, -0.1) is 0 Å². The number of aliphatic carboxylic acids is 1. The molecular weight excluding hydrogens is 294 g/mol. The molecule has 23 heavy (non-hydrogen) atoms. The molecule has 1 heterocycles. The minimum absolute atomic E-state index is 0.279. The lowest BCUT2D eigenvalue weighted by molar-refractivity contribution is -0.137. The van der Waals surface area contributed by atoms with E-state index in [4.69, 9.17) is 14.6 Å². The van der Waals surface area contributed by atoms with Crippen molar-refractivity contribution in [2.45, 2.75) is 32.6 Å². The van der Waals surface area contributed by atoms with Crippen LogP contribution in [0.5, 0.6) is 11.5 Å². The SMILES string of the molecule is CCOc1ccc(OCCN2CCCC(CCC(=O)O)C2)cc1. The molecule has 0 bridgehead atoms. The quantitative estimate of drug-likeness (QED) is 0.757. The summed E-state index contributed by atoms with van der Waals surface area (Å²) in [5.74, 6) is 1.52. The van der Waals surface area contributed by atoms with E-state index in [0.717, 1.165) is 50.4 Å². The maximum atomic E-state index is 10.7. The van der Waals surface area contributed by atoms with Crippen LogP contribution in [0.4, 0.5) is 0 Å². The predicted molar refractivity (Wildman–Crippen MR) is 89.1 cm³/mol. The zero-order valence-corrected chi connectivity index (χ0v) is 13.9. The van der Waals surface area contributed by atoms with Gasteiger partial charge in [0.05, 0.1) is 6.61 Å². The van der Waals surface area contributed by atoms with Crippen molar-refractivity contribution in [2.24, 2.45) is 5.92 Å². The van der Waals surface area contributed by atoms with E-state index < -0.39 is 5.97 Å². The number of ether oxygens (including phenoxy) is 2. The summed E-state index contributed by atoms with van der Waals surface area (Å²) in [6.07, 6.45) is 3.35. The summed E-state index contributed by atoms with van der Waals surface area (Å²) in [7, 11) is 0. The van der Waals surface area contributed by atoms with Crippen LogP contribution < -0.4 is 9.47 Å². The topological polar surface area (TPSA) is 59.0 Å². The third-order valence-corrected chi connectivity index (χ3v) is 4.18. The number of rotatable bonds is 9. The summed E-state index contributed by atoms with van der Waals surface area (Å²) >= 11 is 0. The second-order valence-corrected chi connectivity index (χ2v) is 5.99. The molecule has 0 saturated carbocycles. The van der Waals surface area contributed by atoms with Crippen LogP contribution in [0.15, 0.2) is 24.3 Å². The van der Waals surface area contributed by atoms with E-state index in [9.17, 15) is 4.79 Å². The van der Waals surface area contributed by atoms with Crippen LogP contribution in [0, 0.1) is 5.92 Å². The fraction of sp³-hybridized carbons (Fsp3) is 0.611. The summed E-state index contributed by atoms with van der Waals surface area (Å²) in [6, 6.07) is 7.69. The van der Waals surface area contributed by atoms with Gasteiger partial charge < -0.3 is 14.6 Å². The van der Waals surface area contributed by atoms with E-state index in [0.29, 0.717) is 19.1 Å². The van der Waals surface area contributed by atoms with Crippen molar-refractivity contribution in [3.63, 3.8) is 0 Å². The number of likely N-dealkylation sites (tertiary alicyclic amines) is 1. The van der Waals surface area contributed by atoms with E-state index in [1.54, 1.807) is 0 Å². The summed E-state index contributed by atoms with van der Waals surface area (Å²) in [4.78, 5) is 13.1. The van der Waals surface area contributed by atoms with Crippen molar-refractivity contribution < 1.29 is 19.4 Å². The molecule has 1 unspecified atom stereocenters. The average molecular weight is 321 g/mol. The van der Waals surface area contributed by atoms with Gasteiger partial charge in [-0.2, -0.15) is 0 Å². The van der Waals surface area contributed by atoms with Crippen molar-refractivity contribution in [3.8, 4) is 11.5 Å². The van der Waals surface area contributed by atoms with Crippen LogP contribution in [-0.4, -0.2) is 48.8 Å². The Morgan fingerprint density at radius 3 is 2.61 bits per heavy atom. The molecule has 5 nitrogen and oxygen atoms in total. The second kappa shape index (κ2) is 9.40. The molecule has 1 saturated heterocycles. The minimum Gasteiger partial charge on any atom is -0.494 e. The maximum absolute atomic E-state index is 10.7. The maximum Gasteiger partial charge on any atom is 0.303 e. The molecule has 1 fully saturated rings. The number of hydrogen-bond donors (Lipinski definition) is 1. The Morgan fingerprint density at radius 2 is 1.96 bits per heavy atom. The van der Waals surface area contributed by atoms with Gasteiger partial charge in [-0.05, 0) is 62.9 Å².